The lowest BCUT2D eigenvalue weighted by Crippen LogP contribution is -2.13. The number of hydrogen-bond acceptors (Lipinski definition) is 3. The van der Waals surface area contributed by atoms with Crippen LogP contribution >= 0.6 is 10.7 Å². The second-order valence-corrected chi connectivity index (χ2v) is 6.41. The number of halogens is 1. The van der Waals surface area contributed by atoms with E-state index in [4.69, 9.17) is 15.4 Å². The van der Waals surface area contributed by atoms with Crippen molar-refractivity contribution in [2.75, 3.05) is 12.4 Å². The summed E-state index contributed by atoms with van der Waals surface area (Å²) in [5, 5.41) is 0. The van der Waals surface area contributed by atoms with E-state index < -0.39 is 9.05 Å². The first-order chi connectivity index (χ1) is 5.99. The Hall–Kier alpha value is 0.200. The van der Waals surface area contributed by atoms with E-state index in [9.17, 15) is 8.42 Å². The first kappa shape index (κ1) is 11.3. The van der Waals surface area contributed by atoms with Gasteiger partial charge in [-0.25, -0.2) is 8.42 Å². The van der Waals surface area contributed by atoms with Gasteiger partial charge in [0.15, 0.2) is 0 Å². The molecular weight excluding hydrogens is 212 g/mol. The van der Waals surface area contributed by atoms with E-state index in [-0.39, 0.29) is 11.9 Å². The van der Waals surface area contributed by atoms with E-state index >= 15 is 0 Å². The maximum absolute atomic E-state index is 10.5. The van der Waals surface area contributed by atoms with Crippen LogP contribution in [0.1, 0.15) is 26.2 Å². The van der Waals surface area contributed by atoms with Gasteiger partial charge >= 0.3 is 0 Å². The minimum Gasteiger partial charge on any atom is -0.378 e. The van der Waals surface area contributed by atoms with Crippen LogP contribution in [0.4, 0.5) is 0 Å². The molecule has 0 aromatic heterocycles. The summed E-state index contributed by atoms with van der Waals surface area (Å²) in [7, 11) is 1.71. The molecule has 0 N–H and O–H groups in total. The minimum absolute atomic E-state index is 0.00590. The van der Waals surface area contributed by atoms with Gasteiger partial charge in [-0.3, -0.25) is 0 Å². The van der Waals surface area contributed by atoms with Gasteiger partial charge in [-0.05, 0) is 32.1 Å². The molecule has 1 aliphatic carbocycles. The minimum atomic E-state index is -3.33. The fourth-order valence-corrected chi connectivity index (χ4v) is 1.99. The van der Waals surface area contributed by atoms with Crippen molar-refractivity contribution in [1.29, 1.82) is 0 Å². The zero-order valence-corrected chi connectivity index (χ0v) is 9.27. The van der Waals surface area contributed by atoms with Crippen LogP contribution in [0, 0.1) is 5.92 Å². The van der Waals surface area contributed by atoms with Crippen LogP contribution in [-0.2, 0) is 13.8 Å². The zero-order valence-electron chi connectivity index (χ0n) is 7.70. The van der Waals surface area contributed by atoms with E-state index in [1.807, 2.05) is 6.92 Å². The average molecular weight is 227 g/mol. The molecule has 0 spiro atoms. The second kappa shape index (κ2) is 4.62. The van der Waals surface area contributed by atoms with E-state index in [0.29, 0.717) is 18.9 Å². The Morgan fingerprint density at radius 2 is 2.15 bits per heavy atom. The molecule has 1 fully saturated rings. The lowest BCUT2D eigenvalue weighted by molar-refractivity contribution is 0.0521. The summed E-state index contributed by atoms with van der Waals surface area (Å²) in [5.41, 5.74) is 0. The highest BCUT2D eigenvalue weighted by molar-refractivity contribution is 8.13. The largest absolute Gasteiger partial charge is 0.378 e. The topological polar surface area (TPSA) is 43.4 Å². The SMILES string of the molecule is CC(OCCCS(=O)(=O)Cl)C1CC1. The Morgan fingerprint density at radius 1 is 1.54 bits per heavy atom. The molecule has 5 heteroatoms. The highest BCUT2D eigenvalue weighted by atomic mass is 35.7. The normalized spacial score (nSPS) is 20.2. The number of hydrogen-bond donors (Lipinski definition) is 0. The van der Waals surface area contributed by atoms with Crippen LogP contribution in [0.3, 0.4) is 0 Å². The van der Waals surface area contributed by atoms with Crippen molar-refractivity contribution in [3.63, 3.8) is 0 Å². The summed E-state index contributed by atoms with van der Waals surface area (Å²) in [4.78, 5) is 0. The van der Waals surface area contributed by atoms with Gasteiger partial charge in [0.25, 0.3) is 0 Å². The highest BCUT2D eigenvalue weighted by Gasteiger charge is 2.28. The Kier molecular flexibility index (Phi) is 4.01. The van der Waals surface area contributed by atoms with Crippen LogP contribution in [0.5, 0.6) is 0 Å². The second-order valence-electron chi connectivity index (χ2n) is 3.51. The third-order valence-electron chi connectivity index (χ3n) is 2.20. The Morgan fingerprint density at radius 3 is 2.62 bits per heavy atom. The molecule has 0 amide bonds. The third kappa shape index (κ3) is 5.49. The first-order valence-corrected chi connectivity index (χ1v) is 7.01. The summed E-state index contributed by atoms with van der Waals surface area (Å²) in [6.07, 6.45) is 3.25. The van der Waals surface area contributed by atoms with Gasteiger partial charge in [0.05, 0.1) is 11.9 Å². The predicted molar refractivity (Wildman–Crippen MR) is 52.4 cm³/mol. The molecule has 0 radical (unpaired) electrons. The summed E-state index contributed by atoms with van der Waals surface area (Å²) < 4.78 is 26.5. The average Bonchev–Trinajstić information content (AvgIpc) is 2.77. The lowest BCUT2D eigenvalue weighted by Gasteiger charge is -2.10. The summed E-state index contributed by atoms with van der Waals surface area (Å²) in [6.45, 7) is 2.52. The highest BCUT2D eigenvalue weighted by Crippen LogP contribution is 2.33. The van der Waals surface area contributed by atoms with Gasteiger partial charge in [-0.15, -0.1) is 0 Å². The van der Waals surface area contributed by atoms with Crippen LogP contribution in [0.25, 0.3) is 0 Å². The first-order valence-electron chi connectivity index (χ1n) is 4.53. The summed E-state index contributed by atoms with van der Waals surface area (Å²) in [6, 6.07) is 0. The van der Waals surface area contributed by atoms with E-state index in [0.717, 1.165) is 0 Å². The van der Waals surface area contributed by atoms with Crippen molar-refractivity contribution in [3.8, 4) is 0 Å². The third-order valence-corrected chi connectivity index (χ3v) is 3.44. The molecule has 0 saturated heterocycles. The number of ether oxygens (including phenoxy) is 1. The van der Waals surface area contributed by atoms with Crippen LogP contribution in [0.2, 0.25) is 0 Å². The lowest BCUT2D eigenvalue weighted by atomic mass is 10.3. The van der Waals surface area contributed by atoms with Crippen molar-refractivity contribution in [1.82, 2.24) is 0 Å². The maximum atomic E-state index is 10.5. The fraction of sp³-hybridized carbons (Fsp3) is 1.00. The Balaban J connectivity index is 2.00. The maximum Gasteiger partial charge on any atom is 0.232 e. The molecule has 1 atom stereocenters. The molecule has 1 aliphatic rings. The zero-order chi connectivity index (χ0) is 9.90. The summed E-state index contributed by atoms with van der Waals surface area (Å²) >= 11 is 0. The Labute approximate surface area is 83.8 Å². The predicted octanol–water partition coefficient (Wildman–Crippen LogP) is 1.76. The molecule has 1 rings (SSSR count). The summed E-state index contributed by atoms with van der Waals surface area (Å²) in [5.74, 6) is 0.707. The molecule has 0 aliphatic heterocycles. The van der Waals surface area contributed by atoms with Crippen molar-refractivity contribution in [2.24, 2.45) is 5.92 Å². The standard InChI is InChI=1S/C8H15ClO3S/c1-7(8-3-4-8)12-5-2-6-13(9,10)11/h7-8H,2-6H2,1H3. The molecule has 0 heterocycles. The van der Waals surface area contributed by atoms with Crippen LogP contribution < -0.4 is 0 Å². The molecule has 78 valence electrons. The van der Waals surface area contributed by atoms with Gasteiger partial charge in [0, 0.05) is 17.3 Å². The van der Waals surface area contributed by atoms with Crippen LogP contribution in [0.15, 0.2) is 0 Å². The molecule has 1 unspecified atom stereocenters. The van der Waals surface area contributed by atoms with E-state index in [1.165, 1.54) is 12.8 Å². The fourth-order valence-electron chi connectivity index (χ4n) is 1.20. The van der Waals surface area contributed by atoms with Gasteiger partial charge < -0.3 is 4.74 Å². The quantitative estimate of drug-likeness (QED) is 0.512. The van der Waals surface area contributed by atoms with Gasteiger partial charge in [0.2, 0.25) is 9.05 Å². The molecule has 13 heavy (non-hydrogen) atoms. The molecule has 0 bridgehead atoms. The molecule has 0 aromatic rings. The number of rotatable bonds is 6. The van der Waals surface area contributed by atoms with Gasteiger partial charge in [-0.2, -0.15) is 0 Å². The monoisotopic (exact) mass is 226 g/mol. The molecular formula is C8H15ClO3S. The smallest absolute Gasteiger partial charge is 0.232 e. The van der Waals surface area contributed by atoms with Gasteiger partial charge in [0.1, 0.15) is 0 Å². The van der Waals surface area contributed by atoms with Crippen molar-refractivity contribution in [3.05, 3.63) is 0 Å². The Bertz CT molecular complexity index is 246. The van der Waals surface area contributed by atoms with E-state index in [1.54, 1.807) is 0 Å². The molecule has 3 nitrogen and oxygen atoms in total. The molecule has 0 aromatic carbocycles. The van der Waals surface area contributed by atoms with Gasteiger partial charge in [-0.1, -0.05) is 0 Å². The van der Waals surface area contributed by atoms with Crippen LogP contribution in [-0.4, -0.2) is 26.9 Å². The van der Waals surface area contributed by atoms with Crippen molar-refractivity contribution in [2.45, 2.75) is 32.3 Å². The van der Waals surface area contributed by atoms with Crippen molar-refractivity contribution >= 4 is 19.7 Å². The van der Waals surface area contributed by atoms with E-state index in [2.05, 4.69) is 0 Å². The van der Waals surface area contributed by atoms with Crippen molar-refractivity contribution < 1.29 is 13.2 Å². The molecule has 1 saturated carbocycles.